The van der Waals surface area contributed by atoms with E-state index in [1.165, 1.54) is 12.1 Å². The van der Waals surface area contributed by atoms with Crippen LogP contribution in [0.1, 0.15) is 38.8 Å². The minimum atomic E-state index is -1.06. The van der Waals surface area contributed by atoms with Crippen LogP contribution in [0.5, 0.6) is 11.5 Å². The molecule has 4 nitrogen and oxygen atoms in total. The number of hydrogen-bond acceptors (Lipinski definition) is 4. The highest BCUT2D eigenvalue weighted by Crippen LogP contribution is 2.39. The molecule has 0 saturated carbocycles. The van der Waals surface area contributed by atoms with Crippen molar-refractivity contribution in [3.63, 3.8) is 0 Å². The first kappa shape index (κ1) is 19.5. The maximum absolute atomic E-state index is 14.7. The van der Waals surface area contributed by atoms with Gasteiger partial charge in [0.2, 0.25) is 0 Å². The third-order valence-corrected chi connectivity index (χ3v) is 5.00. The second-order valence-corrected chi connectivity index (χ2v) is 7.62. The SMILES string of the molecule is CC1(C)OB(C(F)=Cc2ccc(O)c(OCc3ccccc3)c2)OC1(C)C. The van der Waals surface area contributed by atoms with Crippen molar-refractivity contribution in [1.29, 1.82) is 0 Å². The molecule has 3 rings (SSSR count). The van der Waals surface area contributed by atoms with Gasteiger partial charge in [0.25, 0.3) is 0 Å². The number of phenols is 1. The van der Waals surface area contributed by atoms with E-state index in [0.717, 1.165) is 5.56 Å². The molecule has 0 aliphatic carbocycles. The second kappa shape index (κ2) is 7.37. The lowest BCUT2D eigenvalue weighted by molar-refractivity contribution is 0.00578. The molecule has 2 aromatic carbocycles. The van der Waals surface area contributed by atoms with Crippen LogP contribution in [0.4, 0.5) is 4.39 Å². The average Bonchev–Trinajstić information content (AvgIpc) is 2.84. The fourth-order valence-electron chi connectivity index (χ4n) is 2.65. The number of phenolic OH excluding ortho intramolecular Hbond substituents is 1. The molecular formula is C21H24BFO4. The summed E-state index contributed by atoms with van der Waals surface area (Å²) in [5.74, 6) is 0.286. The number of rotatable bonds is 5. The van der Waals surface area contributed by atoms with Gasteiger partial charge in [-0.2, -0.15) is 0 Å². The van der Waals surface area contributed by atoms with E-state index in [9.17, 15) is 9.50 Å². The molecule has 0 atom stereocenters. The highest BCUT2D eigenvalue weighted by atomic mass is 19.1. The van der Waals surface area contributed by atoms with Crippen molar-refractivity contribution in [3.05, 3.63) is 65.4 Å². The Morgan fingerprint density at radius 1 is 1.07 bits per heavy atom. The molecule has 6 heteroatoms. The first-order valence-corrected chi connectivity index (χ1v) is 8.90. The van der Waals surface area contributed by atoms with Crippen molar-refractivity contribution in [3.8, 4) is 11.5 Å². The van der Waals surface area contributed by atoms with Gasteiger partial charge in [0.1, 0.15) is 12.3 Å². The molecule has 1 aliphatic heterocycles. The van der Waals surface area contributed by atoms with E-state index >= 15 is 0 Å². The van der Waals surface area contributed by atoms with Crippen LogP contribution in [-0.2, 0) is 15.9 Å². The lowest BCUT2D eigenvalue weighted by atomic mass is 9.87. The lowest BCUT2D eigenvalue weighted by Gasteiger charge is -2.32. The van der Waals surface area contributed by atoms with Gasteiger partial charge in [-0.15, -0.1) is 0 Å². The minimum absolute atomic E-state index is 0.000813. The molecule has 27 heavy (non-hydrogen) atoms. The molecule has 1 fully saturated rings. The lowest BCUT2D eigenvalue weighted by Crippen LogP contribution is -2.41. The summed E-state index contributed by atoms with van der Waals surface area (Å²) >= 11 is 0. The third-order valence-electron chi connectivity index (χ3n) is 5.00. The monoisotopic (exact) mass is 370 g/mol. The Balaban J connectivity index is 1.74. The van der Waals surface area contributed by atoms with Crippen molar-refractivity contribution in [2.75, 3.05) is 0 Å². The highest BCUT2D eigenvalue weighted by Gasteiger charge is 2.53. The summed E-state index contributed by atoms with van der Waals surface area (Å²) in [4.78, 5) is 0. The molecule has 0 unspecified atom stereocenters. The number of aromatic hydroxyl groups is 1. The van der Waals surface area contributed by atoms with Crippen molar-refractivity contribution in [2.24, 2.45) is 0 Å². The van der Waals surface area contributed by atoms with Crippen molar-refractivity contribution in [1.82, 2.24) is 0 Å². The molecular weight excluding hydrogens is 346 g/mol. The fourth-order valence-corrected chi connectivity index (χ4v) is 2.65. The molecule has 2 aromatic rings. The van der Waals surface area contributed by atoms with Crippen LogP contribution in [0.15, 0.2) is 54.3 Å². The summed E-state index contributed by atoms with van der Waals surface area (Å²) in [5.41, 5.74) is -0.235. The van der Waals surface area contributed by atoms with Gasteiger partial charge in [0.15, 0.2) is 11.5 Å². The maximum Gasteiger partial charge on any atom is 0.525 e. The molecule has 0 spiro atoms. The summed E-state index contributed by atoms with van der Waals surface area (Å²) in [7, 11) is -1.06. The number of ether oxygens (including phenoxy) is 1. The highest BCUT2D eigenvalue weighted by molar-refractivity contribution is 6.54. The summed E-state index contributed by atoms with van der Waals surface area (Å²) in [5, 5.41) is 10.0. The minimum Gasteiger partial charge on any atom is -0.504 e. The van der Waals surface area contributed by atoms with Gasteiger partial charge in [-0.05, 0) is 57.0 Å². The number of benzene rings is 2. The van der Waals surface area contributed by atoms with Gasteiger partial charge < -0.3 is 19.2 Å². The molecule has 0 radical (unpaired) electrons. The first-order valence-electron chi connectivity index (χ1n) is 8.90. The zero-order valence-electron chi connectivity index (χ0n) is 16.0. The molecule has 0 bridgehead atoms. The Bertz CT molecular complexity index is 817. The summed E-state index contributed by atoms with van der Waals surface area (Å²) < 4.78 is 31.8. The normalized spacial score (nSPS) is 18.6. The third kappa shape index (κ3) is 4.34. The van der Waals surface area contributed by atoms with Crippen LogP contribution < -0.4 is 4.74 Å². The second-order valence-electron chi connectivity index (χ2n) is 7.62. The summed E-state index contributed by atoms with van der Waals surface area (Å²) in [6, 6.07) is 14.3. The van der Waals surface area contributed by atoms with Crippen LogP contribution in [-0.4, -0.2) is 23.4 Å². The molecule has 1 heterocycles. The van der Waals surface area contributed by atoms with Crippen LogP contribution >= 0.6 is 0 Å². The van der Waals surface area contributed by atoms with E-state index in [1.54, 1.807) is 12.1 Å². The Labute approximate surface area is 159 Å². The van der Waals surface area contributed by atoms with E-state index in [2.05, 4.69) is 0 Å². The van der Waals surface area contributed by atoms with Crippen molar-refractivity contribution in [2.45, 2.75) is 45.5 Å². The molecule has 0 amide bonds. The summed E-state index contributed by atoms with van der Waals surface area (Å²) in [6.45, 7) is 7.79. The molecule has 0 aromatic heterocycles. The molecule has 1 saturated heterocycles. The predicted molar refractivity (Wildman–Crippen MR) is 104 cm³/mol. The van der Waals surface area contributed by atoms with Crippen LogP contribution in [0.2, 0.25) is 0 Å². The van der Waals surface area contributed by atoms with Gasteiger partial charge in [-0.25, -0.2) is 4.39 Å². The topological polar surface area (TPSA) is 47.9 Å². The number of hydrogen-bond donors (Lipinski definition) is 1. The van der Waals surface area contributed by atoms with E-state index in [1.807, 2.05) is 58.0 Å². The van der Waals surface area contributed by atoms with Crippen LogP contribution in [0.3, 0.4) is 0 Å². The maximum atomic E-state index is 14.7. The van der Waals surface area contributed by atoms with Crippen LogP contribution in [0.25, 0.3) is 6.08 Å². The van der Waals surface area contributed by atoms with E-state index in [0.29, 0.717) is 12.2 Å². The van der Waals surface area contributed by atoms with Gasteiger partial charge in [0, 0.05) is 0 Å². The zero-order valence-corrected chi connectivity index (χ0v) is 16.0. The Morgan fingerprint density at radius 2 is 1.70 bits per heavy atom. The summed E-state index contributed by atoms with van der Waals surface area (Å²) in [6.07, 6.45) is 1.33. The van der Waals surface area contributed by atoms with E-state index in [4.69, 9.17) is 14.0 Å². The quantitative estimate of drug-likeness (QED) is 0.760. The molecule has 142 valence electrons. The largest absolute Gasteiger partial charge is 0.525 e. The van der Waals surface area contributed by atoms with E-state index in [-0.39, 0.29) is 11.5 Å². The average molecular weight is 370 g/mol. The molecule has 1 N–H and O–H groups in total. The predicted octanol–water partition coefficient (Wildman–Crippen LogP) is 4.91. The number of halogens is 1. The fraction of sp³-hybridized carbons (Fsp3) is 0.333. The van der Waals surface area contributed by atoms with Gasteiger partial charge in [-0.1, -0.05) is 36.4 Å². The Morgan fingerprint density at radius 3 is 2.33 bits per heavy atom. The van der Waals surface area contributed by atoms with Crippen molar-refractivity contribution >= 4 is 13.2 Å². The Hall–Kier alpha value is -2.31. The van der Waals surface area contributed by atoms with Crippen molar-refractivity contribution < 1.29 is 23.5 Å². The zero-order chi connectivity index (χ0) is 19.7. The van der Waals surface area contributed by atoms with Gasteiger partial charge in [-0.3, -0.25) is 0 Å². The van der Waals surface area contributed by atoms with Gasteiger partial charge in [0.05, 0.1) is 11.2 Å². The standard InChI is InChI=1S/C21H24BFO4/c1-20(2)21(3,4)27-22(26-20)19(23)13-16-10-11-17(24)18(12-16)25-14-15-8-6-5-7-9-15/h5-13,24H,14H2,1-4H3. The van der Waals surface area contributed by atoms with Crippen LogP contribution in [0, 0.1) is 0 Å². The van der Waals surface area contributed by atoms with E-state index < -0.39 is 24.0 Å². The first-order chi connectivity index (χ1) is 12.7. The Kier molecular flexibility index (Phi) is 5.31. The molecule has 1 aliphatic rings. The smallest absolute Gasteiger partial charge is 0.504 e. The van der Waals surface area contributed by atoms with Gasteiger partial charge >= 0.3 is 7.12 Å².